The summed E-state index contributed by atoms with van der Waals surface area (Å²) in [5.41, 5.74) is 0.979. The van der Waals surface area contributed by atoms with Crippen molar-refractivity contribution in [1.82, 2.24) is 10.0 Å². The van der Waals surface area contributed by atoms with Crippen LogP contribution in [0.1, 0.15) is 31.9 Å². The van der Waals surface area contributed by atoms with Gasteiger partial charge in [-0.15, -0.1) is 0 Å². The molecule has 0 aliphatic heterocycles. The molecule has 2 rings (SSSR count). The molecule has 0 aromatic heterocycles. The first-order chi connectivity index (χ1) is 12.8. The summed E-state index contributed by atoms with van der Waals surface area (Å²) < 4.78 is 32.9. The molecule has 0 saturated heterocycles. The molecule has 8 heteroatoms. The average Bonchev–Trinajstić information content (AvgIpc) is 2.65. The first-order valence-corrected chi connectivity index (χ1v) is 10.9. The van der Waals surface area contributed by atoms with Crippen molar-refractivity contribution in [2.24, 2.45) is 0 Å². The monoisotopic (exact) mass is 454 g/mol. The molecule has 0 radical (unpaired) electrons. The zero-order chi connectivity index (χ0) is 19.9. The molecule has 0 aliphatic carbocycles. The minimum absolute atomic E-state index is 0.154. The summed E-state index contributed by atoms with van der Waals surface area (Å²) >= 11 is 3.41. The van der Waals surface area contributed by atoms with E-state index in [4.69, 9.17) is 4.74 Å². The number of carbonyl (C=O) groups excluding carboxylic acids is 1. The van der Waals surface area contributed by atoms with Crippen molar-refractivity contribution in [2.45, 2.75) is 31.2 Å². The van der Waals surface area contributed by atoms with Crippen LogP contribution in [0.25, 0.3) is 0 Å². The Hall–Kier alpha value is -1.90. The smallest absolute Gasteiger partial charge is 0.258 e. The Morgan fingerprint density at radius 3 is 2.52 bits per heavy atom. The van der Waals surface area contributed by atoms with Crippen LogP contribution >= 0.6 is 15.9 Å². The number of sulfonamides is 1. The van der Waals surface area contributed by atoms with E-state index >= 15 is 0 Å². The van der Waals surface area contributed by atoms with Gasteiger partial charge in [-0.05, 0) is 55.3 Å². The van der Waals surface area contributed by atoms with Gasteiger partial charge in [0, 0.05) is 11.0 Å². The Balaban J connectivity index is 1.88. The second kappa shape index (κ2) is 9.87. The number of hydrogen-bond donors (Lipinski definition) is 2. The molecule has 0 unspecified atom stereocenters. The van der Waals surface area contributed by atoms with Crippen molar-refractivity contribution in [3.05, 3.63) is 58.6 Å². The molecule has 1 atom stereocenters. The SMILES string of the molecule is CCCNS(=O)(=O)c1ccc(OCC(=O)N[C@H](C)c2cccc(Br)c2)cc1. The lowest BCUT2D eigenvalue weighted by Crippen LogP contribution is -2.31. The maximum atomic E-state index is 12.1. The third-order valence-corrected chi connectivity index (χ3v) is 5.74. The standard InChI is InChI=1S/C19H23BrN2O4S/c1-3-11-21-27(24,25)18-9-7-17(8-10-18)26-13-19(23)22-14(2)15-5-4-6-16(20)12-15/h4-10,12,14,21H,3,11,13H2,1-2H3,(H,22,23)/t14-/m1/s1. The lowest BCUT2D eigenvalue weighted by molar-refractivity contribution is -0.123. The Kier molecular flexibility index (Phi) is 7.82. The topological polar surface area (TPSA) is 84.5 Å². The molecule has 0 aliphatic rings. The molecule has 0 heterocycles. The zero-order valence-electron chi connectivity index (χ0n) is 15.2. The number of carbonyl (C=O) groups is 1. The maximum absolute atomic E-state index is 12.1. The van der Waals surface area contributed by atoms with Gasteiger partial charge < -0.3 is 10.1 Å². The summed E-state index contributed by atoms with van der Waals surface area (Å²) in [6.45, 7) is 4.01. The summed E-state index contributed by atoms with van der Waals surface area (Å²) in [4.78, 5) is 12.2. The van der Waals surface area contributed by atoms with Crippen molar-refractivity contribution >= 4 is 31.9 Å². The minimum Gasteiger partial charge on any atom is -0.484 e. The van der Waals surface area contributed by atoms with E-state index in [0.717, 1.165) is 10.0 Å². The predicted molar refractivity (Wildman–Crippen MR) is 108 cm³/mol. The fourth-order valence-corrected chi connectivity index (χ4v) is 3.88. The second-order valence-corrected chi connectivity index (χ2v) is 8.68. The summed E-state index contributed by atoms with van der Waals surface area (Å²) in [6.07, 6.45) is 0.716. The molecule has 0 bridgehead atoms. The van der Waals surface area contributed by atoms with E-state index in [9.17, 15) is 13.2 Å². The van der Waals surface area contributed by atoms with Crippen LogP contribution in [0.5, 0.6) is 5.75 Å². The van der Waals surface area contributed by atoms with Crippen LogP contribution in [0.2, 0.25) is 0 Å². The van der Waals surface area contributed by atoms with Crippen LogP contribution in [0, 0.1) is 0 Å². The van der Waals surface area contributed by atoms with Gasteiger partial charge >= 0.3 is 0 Å². The van der Waals surface area contributed by atoms with Gasteiger partial charge in [-0.3, -0.25) is 4.79 Å². The summed E-state index contributed by atoms with van der Waals surface area (Å²) in [5, 5.41) is 2.86. The molecule has 6 nitrogen and oxygen atoms in total. The molecule has 0 fully saturated rings. The van der Waals surface area contributed by atoms with Crippen LogP contribution in [0.4, 0.5) is 0 Å². The molecule has 146 valence electrons. The van der Waals surface area contributed by atoms with E-state index < -0.39 is 10.0 Å². The van der Waals surface area contributed by atoms with Crippen LogP contribution in [-0.2, 0) is 14.8 Å². The Bertz CT molecular complexity index is 870. The molecule has 27 heavy (non-hydrogen) atoms. The summed E-state index contributed by atoms with van der Waals surface area (Å²) in [7, 11) is -3.51. The number of hydrogen-bond acceptors (Lipinski definition) is 4. The largest absolute Gasteiger partial charge is 0.484 e. The predicted octanol–water partition coefficient (Wildman–Crippen LogP) is 3.39. The molecule has 2 aromatic carbocycles. The van der Waals surface area contributed by atoms with E-state index in [1.54, 1.807) is 0 Å². The van der Waals surface area contributed by atoms with Crippen molar-refractivity contribution < 1.29 is 17.9 Å². The van der Waals surface area contributed by atoms with Crippen LogP contribution in [-0.4, -0.2) is 27.5 Å². The molecule has 0 spiro atoms. The van der Waals surface area contributed by atoms with Crippen LogP contribution in [0.3, 0.4) is 0 Å². The number of halogens is 1. The molecular formula is C19H23BrN2O4S. The molecule has 2 aromatic rings. The fourth-order valence-electron chi connectivity index (χ4n) is 2.33. The van der Waals surface area contributed by atoms with Crippen molar-refractivity contribution in [3.8, 4) is 5.75 Å². The van der Waals surface area contributed by atoms with Crippen molar-refractivity contribution in [2.75, 3.05) is 13.2 Å². The number of ether oxygens (including phenoxy) is 1. The van der Waals surface area contributed by atoms with Crippen molar-refractivity contribution in [3.63, 3.8) is 0 Å². The van der Waals surface area contributed by atoms with Gasteiger partial charge in [-0.25, -0.2) is 13.1 Å². The highest BCUT2D eigenvalue weighted by atomic mass is 79.9. The molecule has 2 N–H and O–H groups in total. The van der Waals surface area contributed by atoms with Crippen LogP contribution in [0.15, 0.2) is 57.9 Å². The van der Waals surface area contributed by atoms with E-state index in [1.165, 1.54) is 24.3 Å². The number of amides is 1. The lowest BCUT2D eigenvalue weighted by atomic mass is 10.1. The van der Waals surface area contributed by atoms with E-state index in [1.807, 2.05) is 38.1 Å². The number of benzene rings is 2. The first-order valence-electron chi connectivity index (χ1n) is 8.59. The maximum Gasteiger partial charge on any atom is 0.258 e. The van der Waals surface area contributed by atoms with E-state index in [0.29, 0.717) is 18.7 Å². The summed E-state index contributed by atoms with van der Waals surface area (Å²) in [5.74, 6) is 0.165. The highest BCUT2D eigenvalue weighted by Crippen LogP contribution is 2.18. The normalized spacial score (nSPS) is 12.4. The van der Waals surface area contributed by atoms with Gasteiger partial charge in [-0.1, -0.05) is 35.0 Å². The third-order valence-electron chi connectivity index (χ3n) is 3.77. The van der Waals surface area contributed by atoms with Gasteiger partial charge in [-0.2, -0.15) is 0 Å². The molecule has 0 saturated carbocycles. The fraction of sp³-hybridized carbons (Fsp3) is 0.316. The average molecular weight is 455 g/mol. The Morgan fingerprint density at radius 2 is 1.89 bits per heavy atom. The second-order valence-electron chi connectivity index (χ2n) is 6.00. The summed E-state index contributed by atoms with van der Waals surface area (Å²) in [6, 6.07) is 13.5. The number of rotatable bonds is 9. The van der Waals surface area contributed by atoms with Gasteiger partial charge in [0.1, 0.15) is 5.75 Å². The zero-order valence-corrected chi connectivity index (χ0v) is 17.6. The lowest BCUT2D eigenvalue weighted by Gasteiger charge is -2.15. The van der Waals surface area contributed by atoms with Gasteiger partial charge in [0.05, 0.1) is 10.9 Å². The Labute approximate surface area is 168 Å². The first kappa shape index (κ1) is 21.4. The quantitative estimate of drug-likeness (QED) is 0.607. The van der Waals surface area contributed by atoms with Gasteiger partial charge in [0.15, 0.2) is 6.61 Å². The Morgan fingerprint density at radius 1 is 1.19 bits per heavy atom. The minimum atomic E-state index is -3.51. The van der Waals surface area contributed by atoms with Gasteiger partial charge in [0.2, 0.25) is 10.0 Å². The third kappa shape index (κ3) is 6.64. The molecule has 1 amide bonds. The van der Waals surface area contributed by atoms with E-state index in [2.05, 4.69) is 26.0 Å². The van der Waals surface area contributed by atoms with E-state index in [-0.39, 0.29) is 23.5 Å². The molecular weight excluding hydrogens is 432 g/mol. The van der Waals surface area contributed by atoms with Crippen molar-refractivity contribution in [1.29, 1.82) is 0 Å². The van der Waals surface area contributed by atoms with Crippen LogP contribution < -0.4 is 14.8 Å². The highest BCUT2D eigenvalue weighted by molar-refractivity contribution is 9.10. The number of nitrogens with one attached hydrogen (secondary N) is 2. The van der Waals surface area contributed by atoms with Gasteiger partial charge in [0.25, 0.3) is 5.91 Å². The highest BCUT2D eigenvalue weighted by Gasteiger charge is 2.14.